The normalized spacial score (nSPS) is 12.6. The van der Waals surface area contributed by atoms with E-state index in [1.807, 2.05) is 6.92 Å². The van der Waals surface area contributed by atoms with Crippen LogP contribution in [-0.2, 0) is 4.79 Å². The van der Waals surface area contributed by atoms with Gasteiger partial charge in [0.15, 0.2) is 0 Å². The van der Waals surface area contributed by atoms with Crippen molar-refractivity contribution < 1.29 is 9.90 Å². The second-order valence-corrected chi connectivity index (χ2v) is 4.32. The number of amides is 1. The van der Waals surface area contributed by atoms with Crippen LogP contribution in [0.1, 0.15) is 25.3 Å². The first-order valence-electron chi connectivity index (χ1n) is 5.87. The van der Waals surface area contributed by atoms with Gasteiger partial charge in [0.2, 0.25) is 5.91 Å². The molecule has 0 fully saturated rings. The van der Waals surface area contributed by atoms with Gasteiger partial charge in [-0.05, 0) is 24.1 Å². The molecule has 1 unspecified atom stereocenters. The second kappa shape index (κ2) is 7.84. The Bertz CT molecular complexity index is 404. The minimum absolute atomic E-state index is 0.236. The van der Waals surface area contributed by atoms with Crippen molar-refractivity contribution in [2.75, 3.05) is 6.54 Å². The topological polar surface area (TPSA) is 62.2 Å². The SMILES string of the molecule is CCCC(O)CNC(=O)/C=C/c1ccc(Cl)nc1. The molecule has 2 N–H and O–H groups in total. The molecule has 1 aromatic rings. The van der Waals surface area contributed by atoms with E-state index in [4.69, 9.17) is 11.6 Å². The minimum atomic E-state index is -0.482. The Balaban J connectivity index is 2.37. The highest BCUT2D eigenvalue weighted by Crippen LogP contribution is 2.06. The Hall–Kier alpha value is -1.39. The lowest BCUT2D eigenvalue weighted by Gasteiger charge is -2.08. The Morgan fingerprint density at radius 3 is 3.00 bits per heavy atom. The monoisotopic (exact) mass is 268 g/mol. The summed E-state index contributed by atoms with van der Waals surface area (Å²) in [5.74, 6) is -0.236. The van der Waals surface area contributed by atoms with E-state index in [1.54, 1.807) is 24.4 Å². The Morgan fingerprint density at radius 1 is 1.61 bits per heavy atom. The van der Waals surface area contributed by atoms with Crippen molar-refractivity contribution in [3.8, 4) is 0 Å². The molecule has 1 amide bonds. The maximum absolute atomic E-state index is 11.4. The van der Waals surface area contributed by atoms with Crippen LogP contribution in [0.3, 0.4) is 0 Å². The third kappa shape index (κ3) is 5.80. The van der Waals surface area contributed by atoms with E-state index in [0.29, 0.717) is 11.6 Å². The van der Waals surface area contributed by atoms with Gasteiger partial charge in [0.05, 0.1) is 6.10 Å². The van der Waals surface area contributed by atoms with Crippen LogP contribution in [0.2, 0.25) is 5.15 Å². The van der Waals surface area contributed by atoms with Crippen molar-refractivity contribution in [2.45, 2.75) is 25.9 Å². The third-order valence-electron chi connectivity index (χ3n) is 2.31. The summed E-state index contributed by atoms with van der Waals surface area (Å²) in [6.07, 6.45) is 5.73. The standard InChI is InChI=1S/C13H17ClN2O2/c1-2-3-11(17)9-16-13(18)7-5-10-4-6-12(14)15-8-10/h4-8,11,17H,2-3,9H2,1H3,(H,16,18)/b7-5+. The summed E-state index contributed by atoms with van der Waals surface area (Å²) >= 11 is 5.65. The Morgan fingerprint density at radius 2 is 2.39 bits per heavy atom. The average molecular weight is 269 g/mol. The molecule has 0 aliphatic carbocycles. The van der Waals surface area contributed by atoms with Crippen LogP contribution < -0.4 is 5.32 Å². The van der Waals surface area contributed by atoms with Gasteiger partial charge in [-0.25, -0.2) is 4.98 Å². The molecule has 98 valence electrons. The summed E-state index contributed by atoms with van der Waals surface area (Å²) in [6, 6.07) is 3.43. The average Bonchev–Trinajstić information content (AvgIpc) is 2.36. The van der Waals surface area contributed by atoms with E-state index >= 15 is 0 Å². The van der Waals surface area contributed by atoms with E-state index in [0.717, 1.165) is 12.0 Å². The predicted molar refractivity (Wildman–Crippen MR) is 72.2 cm³/mol. The van der Waals surface area contributed by atoms with Crippen molar-refractivity contribution >= 4 is 23.6 Å². The van der Waals surface area contributed by atoms with Gasteiger partial charge in [0.1, 0.15) is 5.15 Å². The van der Waals surface area contributed by atoms with Crippen LogP contribution in [0.25, 0.3) is 6.08 Å². The van der Waals surface area contributed by atoms with Gasteiger partial charge >= 0.3 is 0 Å². The number of hydrogen-bond acceptors (Lipinski definition) is 3. The van der Waals surface area contributed by atoms with E-state index in [-0.39, 0.29) is 12.5 Å². The predicted octanol–water partition coefficient (Wildman–Crippen LogP) is 2.03. The van der Waals surface area contributed by atoms with Crippen molar-refractivity contribution in [3.05, 3.63) is 35.1 Å². The number of pyridine rings is 1. The van der Waals surface area contributed by atoms with Gasteiger partial charge in [0.25, 0.3) is 0 Å². The van der Waals surface area contributed by atoms with Crippen LogP contribution in [0.5, 0.6) is 0 Å². The number of nitrogens with zero attached hydrogens (tertiary/aromatic N) is 1. The molecular weight excluding hydrogens is 252 g/mol. The molecule has 0 spiro atoms. The lowest BCUT2D eigenvalue weighted by molar-refractivity contribution is -0.116. The minimum Gasteiger partial charge on any atom is -0.391 e. The maximum Gasteiger partial charge on any atom is 0.244 e. The summed E-state index contributed by atoms with van der Waals surface area (Å²) < 4.78 is 0. The van der Waals surface area contributed by atoms with Crippen molar-refractivity contribution in [1.29, 1.82) is 0 Å². The molecule has 1 rings (SSSR count). The van der Waals surface area contributed by atoms with Crippen molar-refractivity contribution in [2.24, 2.45) is 0 Å². The molecule has 4 nitrogen and oxygen atoms in total. The maximum atomic E-state index is 11.4. The van der Waals surface area contributed by atoms with Gasteiger partial charge in [0, 0.05) is 18.8 Å². The number of aromatic nitrogens is 1. The summed E-state index contributed by atoms with van der Waals surface area (Å²) in [4.78, 5) is 15.3. The highest BCUT2D eigenvalue weighted by molar-refractivity contribution is 6.29. The third-order valence-corrected chi connectivity index (χ3v) is 2.53. The van der Waals surface area contributed by atoms with Crippen LogP contribution in [0.15, 0.2) is 24.4 Å². The fraction of sp³-hybridized carbons (Fsp3) is 0.385. The molecule has 5 heteroatoms. The number of nitrogens with one attached hydrogen (secondary N) is 1. The zero-order chi connectivity index (χ0) is 13.4. The Labute approximate surface area is 112 Å². The van der Waals surface area contributed by atoms with Gasteiger partial charge in [-0.15, -0.1) is 0 Å². The van der Waals surface area contributed by atoms with Crippen molar-refractivity contribution in [1.82, 2.24) is 10.3 Å². The summed E-state index contributed by atoms with van der Waals surface area (Å²) in [5, 5.41) is 12.5. The number of halogens is 1. The van der Waals surface area contributed by atoms with E-state index in [1.165, 1.54) is 6.08 Å². The van der Waals surface area contributed by atoms with Gasteiger partial charge in [-0.3, -0.25) is 4.79 Å². The number of carbonyl (C=O) groups is 1. The number of aliphatic hydroxyl groups is 1. The molecule has 0 bridgehead atoms. The van der Waals surface area contributed by atoms with Crippen LogP contribution in [0.4, 0.5) is 0 Å². The largest absolute Gasteiger partial charge is 0.391 e. The quantitative estimate of drug-likeness (QED) is 0.613. The van der Waals surface area contributed by atoms with E-state index in [9.17, 15) is 9.90 Å². The number of hydrogen-bond donors (Lipinski definition) is 2. The molecule has 0 radical (unpaired) electrons. The lowest BCUT2D eigenvalue weighted by Crippen LogP contribution is -2.30. The molecule has 18 heavy (non-hydrogen) atoms. The number of aliphatic hydroxyl groups excluding tert-OH is 1. The first kappa shape index (κ1) is 14.7. The van der Waals surface area contributed by atoms with Crippen LogP contribution >= 0.6 is 11.6 Å². The molecule has 0 saturated carbocycles. The summed E-state index contributed by atoms with van der Waals surface area (Å²) in [5.41, 5.74) is 0.795. The first-order valence-corrected chi connectivity index (χ1v) is 6.25. The molecule has 1 aromatic heterocycles. The zero-order valence-corrected chi connectivity index (χ0v) is 11.0. The molecule has 0 aliphatic rings. The van der Waals surface area contributed by atoms with Gasteiger partial charge in [-0.1, -0.05) is 31.0 Å². The lowest BCUT2D eigenvalue weighted by atomic mass is 10.2. The zero-order valence-electron chi connectivity index (χ0n) is 10.3. The highest BCUT2D eigenvalue weighted by atomic mass is 35.5. The number of rotatable bonds is 6. The van der Waals surface area contributed by atoms with Gasteiger partial charge in [-0.2, -0.15) is 0 Å². The fourth-order valence-corrected chi connectivity index (χ4v) is 1.48. The first-order chi connectivity index (χ1) is 8.61. The summed E-state index contributed by atoms with van der Waals surface area (Å²) in [7, 11) is 0. The van der Waals surface area contributed by atoms with Crippen LogP contribution in [0, 0.1) is 0 Å². The number of carbonyl (C=O) groups excluding carboxylic acids is 1. The highest BCUT2D eigenvalue weighted by Gasteiger charge is 2.03. The van der Waals surface area contributed by atoms with Crippen molar-refractivity contribution in [3.63, 3.8) is 0 Å². The van der Waals surface area contributed by atoms with E-state index < -0.39 is 6.10 Å². The fourth-order valence-electron chi connectivity index (χ4n) is 1.37. The summed E-state index contributed by atoms with van der Waals surface area (Å²) in [6.45, 7) is 2.26. The molecule has 1 atom stereocenters. The van der Waals surface area contributed by atoms with E-state index in [2.05, 4.69) is 10.3 Å². The molecule has 0 aliphatic heterocycles. The second-order valence-electron chi connectivity index (χ2n) is 3.94. The smallest absolute Gasteiger partial charge is 0.244 e. The van der Waals surface area contributed by atoms with Gasteiger partial charge < -0.3 is 10.4 Å². The molecular formula is C13H17ClN2O2. The molecule has 0 aromatic carbocycles. The molecule has 0 saturated heterocycles. The van der Waals surface area contributed by atoms with Crippen LogP contribution in [-0.4, -0.2) is 28.6 Å². The Kier molecular flexibility index (Phi) is 6.39. The molecule has 1 heterocycles.